The molecule has 2 aliphatic heterocycles. The van der Waals surface area contributed by atoms with Gasteiger partial charge in [-0.3, -0.25) is 4.79 Å². The molecule has 2 bridgehead atoms. The molecular formula is C27H34FN5O4S. The molecule has 0 spiro atoms. The van der Waals surface area contributed by atoms with E-state index < -0.39 is 21.7 Å². The molecular weight excluding hydrogens is 509 g/mol. The van der Waals surface area contributed by atoms with E-state index in [1.54, 1.807) is 12.1 Å². The molecule has 2 fully saturated rings. The number of amides is 1. The van der Waals surface area contributed by atoms with Gasteiger partial charge in [-0.05, 0) is 68.0 Å². The van der Waals surface area contributed by atoms with E-state index in [1.807, 2.05) is 13.8 Å². The average Bonchev–Trinajstić information content (AvgIpc) is 3.47. The van der Waals surface area contributed by atoms with Crippen LogP contribution in [0.1, 0.15) is 52.7 Å². The van der Waals surface area contributed by atoms with Gasteiger partial charge in [0.2, 0.25) is 0 Å². The molecule has 204 valence electrons. The molecule has 11 heteroatoms. The number of carbonyl (C=O) groups is 1. The first-order chi connectivity index (χ1) is 18.1. The molecule has 0 atom stereocenters. The molecule has 5 rings (SSSR count). The predicted octanol–water partition coefficient (Wildman–Crippen LogP) is 4.64. The van der Waals surface area contributed by atoms with Crippen LogP contribution in [0, 0.1) is 11.7 Å². The van der Waals surface area contributed by atoms with E-state index in [9.17, 15) is 17.6 Å². The molecule has 2 saturated heterocycles. The lowest BCUT2D eigenvalue weighted by Crippen LogP contribution is -2.35. The van der Waals surface area contributed by atoms with Gasteiger partial charge >= 0.3 is 0 Å². The number of rotatable bonds is 8. The summed E-state index contributed by atoms with van der Waals surface area (Å²) in [5.74, 6) is -0.222. The van der Waals surface area contributed by atoms with Crippen LogP contribution in [0.3, 0.4) is 0 Å². The number of hydrogen-bond acceptors (Lipinski definition) is 8. The molecule has 0 aliphatic carbocycles. The van der Waals surface area contributed by atoms with Crippen LogP contribution in [0.25, 0.3) is 11.3 Å². The van der Waals surface area contributed by atoms with Gasteiger partial charge in [0.25, 0.3) is 15.9 Å². The first kappa shape index (κ1) is 25.9. The van der Waals surface area contributed by atoms with Gasteiger partial charge in [-0.15, -0.1) is 0 Å². The van der Waals surface area contributed by atoms with Crippen molar-refractivity contribution >= 4 is 27.6 Å². The summed E-state index contributed by atoms with van der Waals surface area (Å²) in [5.41, 5.74) is 6.70. The van der Waals surface area contributed by atoms with Gasteiger partial charge in [-0.25, -0.2) is 19.1 Å². The van der Waals surface area contributed by atoms with Crippen molar-refractivity contribution in [2.75, 3.05) is 17.2 Å². The highest BCUT2D eigenvalue weighted by Gasteiger charge is 2.42. The second-order valence-corrected chi connectivity index (χ2v) is 11.8. The molecule has 0 unspecified atom stereocenters. The van der Waals surface area contributed by atoms with Crippen LogP contribution in [-0.4, -0.2) is 43.0 Å². The Kier molecular flexibility index (Phi) is 6.95. The number of ether oxygens (including phenoxy) is 1. The van der Waals surface area contributed by atoms with Crippen molar-refractivity contribution in [3.63, 3.8) is 0 Å². The number of nitrogens with two attached hydrogens (primary N) is 1. The zero-order valence-corrected chi connectivity index (χ0v) is 22.0. The molecule has 3 aromatic rings. The Balaban J connectivity index is 0.00000220. The van der Waals surface area contributed by atoms with Gasteiger partial charge in [-0.1, -0.05) is 19.9 Å². The van der Waals surface area contributed by atoms with Gasteiger partial charge in [0.15, 0.2) is 5.03 Å². The number of hydrogen-bond donors (Lipinski definition) is 2. The number of nitrogen functional groups attached to an aromatic ring is 1. The maximum atomic E-state index is 14.5. The van der Waals surface area contributed by atoms with E-state index in [1.165, 1.54) is 36.4 Å². The van der Waals surface area contributed by atoms with Crippen molar-refractivity contribution in [3.05, 3.63) is 59.9 Å². The van der Waals surface area contributed by atoms with Crippen molar-refractivity contribution in [1.29, 1.82) is 0 Å². The minimum absolute atomic E-state index is 0. The number of nitrogens with zero attached hydrogens (tertiary/aromatic N) is 3. The van der Waals surface area contributed by atoms with Gasteiger partial charge in [0.1, 0.15) is 23.2 Å². The summed E-state index contributed by atoms with van der Waals surface area (Å²) in [6.45, 7) is 4.45. The smallest absolute Gasteiger partial charge is 0.281 e. The summed E-state index contributed by atoms with van der Waals surface area (Å²) in [7, 11) is -4.27. The number of aromatic nitrogens is 2. The van der Waals surface area contributed by atoms with Crippen molar-refractivity contribution in [2.24, 2.45) is 5.92 Å². The minimum Gasteiger partial charge on any atom is -0.493 e. The normalized spacial score (nSPS) is 18.7. The van der Waals surface area contributed by atoms with E-state index in [4.69, 9.17) is 15.5 Å². The average molecular weight is 544 g/mol. The Labute approximate surface area is 224 Å². The van der Waals surface area contributed by atoms with Crippen LogP contribution in [0.5, 0.6) is 5.75 Å². The number of anilines is 2. The Hall–Kier alpha value is -3.73. The number of pyridine rings is 2. The molecule has 0 radical (unpaired) electrons. The van der Waals surface area contributed by atoms with E-state index in [0.29, 0.717) is 29.4 Å². The lowest BCUT2D eigenvalue weighted by molar-refractivity contribution is 0.0981. The summed E-state index contributed by atoms with van der Waals surface area (Å²) in [5, 5.41) is -0.355. The molecule has 1 amide bonds. The number of carbonyl (C=O) groups excluding carboxylic acids is 1. The lowest BCUT2D eigenvalue weighted by atomic mass is 10.0. The number of halogens is 1. The molecule has 4 heterocycles. The standard InChI is InChI=1S/C27H30FN5O4S.2H2/c1-16(2)15-37-21-13-17(12-18(28)14-21)23-11-10-22(26(30-23)33-19-6-7-20(33)9-8-19)27(34)32-38(35,36)25-5-3-4-24(29)31-25;;/h3-5,10-14,16,19-20H,6-9,15H2,1-2H3,(H2,29,31)(H,32,34);2*1H. The fraction of sp³-hybridized carbons (Fsp3) is 0.370. The fourth-order valence-electron chi connectivity index (χ4n) is 5.11. The predicted molar refractivity (Wildman–Crippen MR) is 146 cm³/mol. The van der Waals surface area contributed by atoms with Crippen molar-refractivity contribution in [2.45, 2.75) is 56.6 Å². The van der Waals surface area contributed by atoms with Crippen LogP contribution in [-0.2, 0) is 10.0 Å². The Morgan fingerprint density at radius 1 is 1.13 bits per heavy atom. The highest BCUT2D eigenvalue weighted by atomic mass is 32.2. The quantitative estimate of drug-likeness (QED) is 0.421. The van der Waals surface area contributed by atoms with E-state index in [0.717, 1.165) is 25.7 Å². The monoisotopic (exact) mass is 543 g/mol. The van der Waals surface area contributed by atoms with Crippen molar-refractivity contribution in [3.8, 4) is 17.0 Å². The summed E-state index contributed by atoms with van der Waals surface area (Å²) in [6.07, 6.45) is 3.87. The second-order valence-electron chi connectivity index (χ2n) is 10.2. The number of sulfonamides is 1. The lowest BCUT2D eigenvalue weighted by Gasteiger charge is -2.26. The zero-order valence-electron chi connectivity index (χ0n) is 21.2. The van der Waals surface area contributed by atoms with E-state index >= 15 is 0 Å². The summed E-state index contributed by atoms with van der Waals surface area (Å²) < 4.78 is 48.1. The van der Waals surface area contributed by atoms with E-state index in [-0.39, 0.29) is 37.3 Å². The van der Waals surface area contributed by atoms with Crippen molar-refractivity contribution in [1.82, 2.24) is 14.7 Å². The Bertz CT molecular complexity index is 1470. The number of benzene rings is 1. The molecule has 0 saturated carbocycles. The topological polar surface area (TPSA) is 128 Å². The second kappa shape index (κ2) is 10.2. The largest absolute Gasteiger partial charge is 0.493 e. The first-order valence-corrected chi connectivity index (χ1v) is 14.1. The third kappa shape index (κ3) is 5.28. The molecule has 3 N–H and O–H groups in total. The van der Waals surface area contributed by atoms with Gasteiger partial charge in [0.05, 0.1) is 17.9 Å². The third-order valence-electron chi connectivity index (χ3n) is 6.82. The van der Waals surface area contributed by atoms with E-state index in [2.05, 4.69) is 14.6 Å². The van der Waals surface area contributed by atoms with Gasteiger partial charge in [0, 0.05) is 26.6 Å². The Morgan fingerprint density at radius 3 is 2.50 bits per heavy atom. The maximum Gasteiger partial charge on any atom is 0.281 e. The molecule has 2 aromatic heterocycles. The van der Waals surface area contributed by atoms with Crippen LogP contribution < -0.4 is 20.1 Å². The van der Waals surface area contributed by atoms with Crippen LogP contribution in [0.4, 0.5) is 16.0 Å². The number of fused-ring (bicyclic) bond motifs is 2. The SMILES string of the molecule is CC(C)COc1cc(F)cc(-c2ccc(C(=O)NS(=O)(=O)c3cccc(N)n3)c(N3C4CCC3CC4)n2)c1.[HH].[HH]. The zero-order chi connectivity index (χ0) is 27.0. The van der Waals surface area contributed by atoms with Crippen LogP contribution in [0.15, 0.2) is 53.6 Å². The summed E-state index contributed by atoms with van der Waals surface area (Å²) >= 11 is 0. The Morgan fingerprint density at radius 2 is 1.84 bits per heavy atom. The van der Waals surface area contributed by atoms with Gasteiger partial charge in [-0.2, -0.15) is 8.42 Å². The maximum absolute atomic E-state index is 14.5. The molecule has 9 nitrogen and oxygen atoms in total. The van der Waals surface area contributed by atoms with Crippen molar-refractivity contribution < 1.29 is 25.2 Å². The molecule has 38 heavy (non-hydrogen) atoms. The molecule has 1 aromatic carbocycles. The number of nitrogens with one attached hydrogen (secondary N) is 1. The van der Waals surface area contributed by atoms with Crippen LogP contribution in [0.2, 0.25) is 0 Å². The minimum atomic E-state index is -4.27. The summed E-state index contributed by atoms with van der Waals surface area (Å²) in [6, 6.07) is 12.1. The highest BCUT2D eigenvalue weighted by Crippen LogP contribution is 2.42. The third-order valence-corrected chi connectivity index (χ3v) is 8.05. The highest BCUT2D eigenvalue weighted by molar-refractivity contribution is 7.90. The van der Waals surface area contributed by atoms with Gasteiger partial charge < -0.3 is 15.4 Å². The fourth-order valence-corrected chi connectivity index (χ4v) is 6.05. The summed E-state index contributed by atoms with van der Waals surface area (Å²) in [4.78, 5) is 24.1. The molecule has 2 aliphatic rings. The van der Waals surface area contributed by atoms with Crippen LogP contribution >= 0.6 is 0 Å². The first-order valence-electron chi connectivity index (χ1n) is 12.6.